The van der Waals surface area contributed by atoms with Crippen LogP contribution in [-0.2, 0) is 9.84 Å². The number of sulfone groups is 1. The molecule has 2 aromatic rings. The molecule has 0 spiro atoms. The van der Waals surface area contributed by atoms with E-state index in [1.54, 1.807) is 13.0 Å². The topological polar surface area (TPSA) is 128 Å². The van der Waals surface area contributed by atoms with Crippen LogP contribution in [-0.4, -0.2) is 63.2 Å². The lowest BCUT2D eigenvalue weighted by molar-refractivity contribution is -0.384. The fraction of sp³-hybridized carbons (Fsp3) is 0.353. The Morgan fingerprint density at radius 1 is 1.50 bits per heavy atom. The molecule has 2 heterocycles. The van der Waals surface area contributed by atoms with Gasteiger partial charge < -0.3 is 4.90 Å². The summed E-state index contributed by atoms with van der Waals surface area (Å²) in [6.45, 7) is 5.45. The molecule has 0 radical (unpaired) electrons. The van der Waals surface area contributed by atoms with E-state index in [9.17, 15) is 23.3 Å². The Hall–Kier alpha value is -3.08. The molecule has 148 valence electrons. The molecule has 0 aliphatic carbocycles. The molecule has 1 amide bonds. The maximum absolute atomic E-state index is 13.0. The minimum atomic E-state index is -3.17. The number of carbonyl (C=O) groups is 1. The van der Waals surface area contributed by atoms with Gasteiger partial charge in [-0.3, -0.25) is 14.9 Å². The number of nitro groups is 1. The highest BCUT2D eigenvalue weighted by Gasteiger charge is 2.36. The zero-order chi connectivity index (χ0) is 20.5. The number of aromatic nitrogens is 3. The lowest BCUT2D eigenvalue weighted by Crippen LogP contribution is -2.41. The number of hydrogen-bond acceptors (Lipinski definition) is 7. The van der Waals surface area contributed by atoms with Gasteiger partial charge in [0.2, 0.25) is 0 Å². The van der Waals surface area contributed by atoms with Crippen LogP contribution in [0.2, 0.25) is 0 Å². The minimum absolute atomic E-state index is 0.0396. The average molecular weight is 405 g/mol. The molecule has 1 aliphatic rings. The largest absolute Gasteiger partial charge is 0.329 e. The van der Waals surface area contributed by atoms with Crippen LogP contribution in [0.3, 0.4) is 0 Å². The molecule has 3 rings (SSSR count). The summed E-state index contributed by atoms with van der Waals surface area (Å²) in [6.07, 6.45) is 1.89. The molecule has 0 N–H and O–H groups in total. The lowest BCUT2D eigenvalue weighted by atomic mass is 10.2. The van der Waals surface area contributed by atoms with E-state index in [2.05, 4.69) is 16.9 Å². The van der Waals surface area contributed by atoms with Crippen LogP contribution in [0.25, 0.3) is 5.69 Å². The summed E-state index contributed by atoms with van der Waals surface area (Å²) in [7, 11) is -3.17. The second-order valence-corrected chi connectivity index (χ2v) is 8.74. The number of benzene rings is 1. The molecule has 1 aromatic heterocycles. The van der Waals surface area contributed by atoms with Gasteiger partial charge in [-0.05, 0) is 19.4 Å². The first kappa shape index (κ1) is 19.7. The van der Waals surface area contributed by atoms with Crippen LogP contribution < -0.4 is 0 Å². The number of nitro benzene ring substituents is 1. The first-order valence-electron chi connectivity index (χ1n) is 8.53. The molecular formula is C17H19N5O5S. The Kier molecular flexibility index (Phi) is 5.27. The summed E-state index contributed by atoms with van der Waals surface area (Å²) >= 11 is 0. The number of amides is 1. The van der Waals surface area contributed by atoms with E-state index in [1.165, 1.54) is 33.9 Å². The number of non-ortho nitro benzene ring substituents is 1. The molecule has 1 atom stereocenters. The molecule has 28 heavy (non-hydrogen) atoms. The van der Waals surface area contributed by atoms with Crippen molar-refractivity contribution < 1.29 is 18.1 Å². The van der Waals surface area contributed by atoms with Crippen molar-refractivity contribution in [1.82, 2.24) is 19.9 Å². The lowest BCUT2D eigenvalue weighted by Gasteiger charge is -2.26. The molecule has 11 heteroatoms. The van der Waals surface area contributed by atoms with Gasteiger partial charge in [-0.1, -0.05) is 17.4 Å². The van der Waals surface area contributed by atoms with Crippen molar-refractivity contribution >= 4 is 21.4 Å². The van der Waals surface area contributed by atoms with Crippen LogP contribution >= 0.6 is 0 Å². The van der Waals surface area contributed by atoms with Gasteiger partial charge in [0.15, 0.2) is 15.5 Å². The number of hydrogen-bond donors (Lipinski definition) is 0. The zero-order valence-corrected chi connectivity index (χ0v) is 16.0. The highest BCUT2D eigenvalue weighted by Crippen LogP contribution is 2.22. The molecule has 1 unspecified atom stereocenters. The van der Waals surface area contributed by atoms with Crippen LogP contribution in [0.5, 0.6) is 0 Å². The van der Waals surface area contributed by atoms with Crippen molar-refractivity contribution in [2.24, 2.45) is 0 Å². The predicted octanol–water partition coefficient (Wildman–Crippen LogP) is 1.30. The first-order valence-corrected chi connectivity index (χ1v) is 10.3. The summed E-state index contributed by atoms with van der Waals surface area (Å²) in [4.78, 5) is 24.9. The van der Waals surface area contributed by atoms with Gasteiger partial charge >= 0.3 is 0 Å². The summed E-state index contributed by atoms with van der Waals surface area (Å²) < 4.78 is 24.9. The van der Waals surface area contributed by atoms with Gasteiger partial charge in [0.25, 0.3) is 11.6 Å². The maximum Gasteiger partial charge on any atom is 0.276 e. The quantitative estimate of drug-likeness (QED) is 0.402. The average Bonchev–Trinajstić information content (AvgIpc) is 3.21. The third-order valence-electron chi connectivity index (χ3n) is 4.62. The summed E-state index contributed by atoms with van der Waals surface area (Å²) in [5.74, 6) is -0.501. The monoisotopic (exact) mass is 405 g/mol. The first-order chi connectivity index (χ1) is 13.2. The van der Waals surface area contributed by atoms with Gasteiger partial charge in [-0.15, -0.1) is 11.7 Å². The summed E-state index contributed by atoms with van der Waals surface area (Å²) in [6, 6.07) is 5.38. The Bertz CT molecular complexity index is 1050. The Balaban J connectivity index is 1.93. The van der Waals surface area contributed by atoms with Crippen molar-refractivity contribution in [2.75, 3.05) is 18.1 Å². The molecule has 10 nitrogen and oxygen atoms in total. The van der Waals surface area contributed by atoms with Gasteiger partial charge in [0.1, 0.15) is 0 Å². The fourth-order valence-electron chi connectivity index (χ4n) is 3.20. The van der Waals surface area contributed by atoms with Crippen molar-refractivity contribution in [3.8, 4) is 5.69 Å². The van der Waals surface area contributed by atoms with E-state index < -0.39 is 26.7 Å². The zero-order valence-electron chi connectivity index (χ0n) is 15.2. The normalized spacial score (nSPS) is 18.0. The SMILES string of the molecule is C=CCN(C(=O)c1nnn(-c2cccc([N+](=O)[O-])c2)c1C)C1CCS(=O)(=O)C1. The summed E-state index contributed by atoms with van der Waals surface area (Å²) in [5, 5.41) is 18.9. The van der Waals surface area contributed by atoms with E-state index in [4.69, 9.17) is 0 Å². The second kappa shape index (κ2) is 7.50. The van der Waals surface area contributed by atoms with Gasteiger partial charge in [0.05, 0.1) is 27.8 Å². The molecule has 1 aromatic carbocycles. The van der Waals surface area contributed by atoms with Crippen LogP contribution in [0.1, 0.15) is 22.6 Å². The molecular weight excluding hydrogens is 386 g/mol. The van der Waals surface area contributed by atoms with Crippen molar-refractivity contribution in [2.45, 2.75) is 19.4 Å². The summed E-state index contributed by atoms with van der Waals surface area (Å²) in [5.41, 5.74) is 0.764. The molecule has 1 saturated heterocycles. The van der Waals surface area contributed by atoms with Gasteiger partial charge in [0, 0.05) is 24.7 Å². The van der Waals surface area contributed by atoms with Crippen molar-refractivity contribution in [1.29, 1.82) is 0 Å². The molecule has 1 aliphatic heterocycles. The standard InChI is InChI=1S/C17H19N5O5S/c1-3-8-20(15-7-9-28(26,27)11-15)17(23)16-12(2)21(19-18-16)13-5-4-6-14(10-13)22(24)25/h3-6,10,15H,1,7-9,11H2,2H3. The van der Waals surface area contributed by atoms with Crippen molar-refractivity contribution in [3.05, 3.63) is 58.4 Å². The Labute approximate surface area is 161 Å². The Morgan fingerprint density at radius 2 is 2.25 bits per heavy atom. The molecule has 0 saturated carbocycles. The van der Waals surface area contributed by atoms with E-state index in [0.29, 0.717) is 17.8 Å². The fourth-order valence-corrected chi connectivity index (χ4v) is 4.94. The third-order valence-corrected chi connectivity index (χ3v) is 6.37. The van der Waals surface area contributed by atoms with Gasteiger partial charge in [-0.2, -0.15) is 0 Å². The van der Waals surface area contributed by atoms with Crippen LogP contribution in [0, 0.1) is 17.0 Å². The molecule has 0 bridgehead atoms. The van der Waals surface area contributed by atoms with Crippen LogP contribution in [0.4, 0.5) is 5.69 Å². The van der Waals surface area contributed by atoms with E-state index in [-0.39, 0.29) is 29.4 Å². The van der Waals surface area contributed by atoms with E-state index in [1.807, 2.05) is 0 Å². The van der Waals surface area contributed by atoms with Crippen LogP contribution in [0.15, 0.2) is 36.9 Å². The third kappa shape index (κ3) is 3.79. The molecule has 1 fully saturated rings. The van der Waals surface area contributed by atoms with E-state index in [0.717, 1.165) is 0 Å². The highest BCUT2D eigenvalue weighted by molar-refractivity contribution is 7.91. The van der Waals surface area contributed by atoms with Crippen molar-refractivity contribution in [3.63, 3.8) is 0 Å². The number of carbonyl (C=O) groups excluding carboxylic acids is 1. The minimum Gasteiger partial charge on any atom is -0.329 e. The number of rotatable bonds is 6. The highest BCUT2D eigenvalue weighted by atomic mass is 32.2. The second-order valence-electron chi connectivity index (χ2n) is 6.52. The number of nitrogens with zero attached hydrogens (tertiary/aromatic N) is 5. The Morgan fingerprint density at radius 3 is 2.86 bits per heavy atom. The van der Waals surface area contributed by atoms with Gasteiger partial charge in [-0.25, -0.2) is 13.1 Å². The maximum atomic E-state index is 13.0. The smallest absolute Gasteiger partial charge is 0.276 e. The van der Waals surface area contributed by atoms with E-state index >= 15 is 0 Å². The predicted molar refractivity (Wildman–Crippen MR) is 101 cm³/mol.